The molecule has 3 amide bonds. The predicted octanol–water partition coefficient (Wildman–Crippen LogP) is 0.951. The van der Waals surface area contributed by atoms with Crippen LogP contribution in [0.25, 0.3) is 0 Å². The zero-order valence-electron chi connectivity index (χ0n) is 10.6. The highest BCUT2D eigenvalue weighted by Gasteiger charge is 2.16. The van der Waals surface area contributed by atoms with E-state index in [1.165, 1.54) is 7.05 Å². The van der Waals surface area contributed by atoms with Crippen LogP contribution in [0.2, 0.25) is 0 Å². The average Bonchev–Trinajstić information content (AvgIpc) is 2.39. The van der Waals surface area contributed by atoms with Crippen LogP contribution in [-0.2, 0) is 4.79 Å². The number of urea groups is 1. The van der Waals surface area contributed by atoms with E-state index in [-0.39, 0.29) is 0 Å². The fraction of sp³-hybridized carbons (Fsp3) is 0.333. The summed E-state index contributed by atoms with van der Waals surface area (Å²) in [5.74, 6) is 0.0700. The molecule has 0 saturated carbocycles. The Labute approximate surface area is 106 Å². The maximum absolute atomic E-state index is 11.5. The van der Waals surface area contributed by atoms with E-state index in [1.54, 1.807) is 19.1 Å². The molecule has 0 heterocycles. The van der Waals surface area contributed by atoms with Crippen molar-refractivity contribution in [3.63, 3.8) is 0 Å². The Morgan fingerprint density at radius 1 is 1.17 bits per heavy atom. The number of imide groups is 1. The van der Waals surface area contributed by atoms with Gasteiger partial charge in [0.2, 0.25) is 0 Å². The highest BCUT2D eigenvalue weighted by Crippen LogP contribution is 2.16. The Balaban J connectivity index is 2.55. The first kappa shape index (κ1) is 13.8. The molecule has 1 atom stereocenters. The van der Waals surface area contributed by atoms with Crippen molar-refractivity contribution >= 4 is 17.6 Å². The normalized spacial score (nSPS) is 11.3. The van der Waals surface area contributed by atoms with Crippen LogP contribution in [0.3, 0.4) is 0 Å². The fourth-order valence-corrected chi connectivity index (χ4v) is 1.23. The van der Waals surface area contributed by atoms with Crippen LogP contribution in [0, 0.1) is 0 Å². The smallest absolute Gasteiger partial charge is 0.321 e. The van der Waals surface area contributed by atoms with Gasteiger partial charge in [-0.1, -0.05) is 0 Å². The molecule has 1 rings (SSSR count). The third-order valence-electron chi connectivity index (χ3n) is 2.29. The Bertz CT molecular complexity index is 417. The standard InChI is InChI=1S/C12H17N3O3/c1-8(11(16)15-12(17)14-3)18-10-6-4-9(13-2)5-7-10/h4-8,13H,1-3H3,(H2,14,15,16,17). The first-order chi connectivity index (χ1) is 8.56. The van der Waals surface area contributed by atoms with Crippen molar-refractivity contribution in [2.24, 2.45) is 0 Å². The lowest BCUT2D eigenvalue weighted by Crippen LogP contribution is -2.43. The summed E-state index contributed by atoms with van der Waals surface area (Å²) >= 11 is 0. The number of nitrogens with one attached hydrogen (secondary N) is 3. The monoisotopic (exact) mass is 251 g/mol. The Hall–Kier alpha value is -2.24. The van der Waals surface area contributed by atoms with E-state index in [1.807, 2.05) is 19.2 Å². The molecule has 98 valence electrons. The molecule has 0 radical (unpaired) electrons. The van der Waals surface area contributed by atoms with E-state index in [2.05, 4.69) is 16.0 Å². The molecule has 0 bridgehead atoms. The molecule has 0 aliphatic heterocycles. The van der Waals surface area contributed by atoms with Crippen molar-refractivity contribution in [3.8, 4) is 5.75 Å². The molecule has 0 aliphatic rings. The molecule has 1 unspecified atom stereocenters. The Morgan fingerprint density at radius 3 is 2.28 bits per heavy atom. The number of ether oxygens (including phenoxy) is 1. The summed E-state index contributed by atoms with van der Waals surface area (Å²) in [6, 6.07) is 6.60. The average molecular weight is 251 g/mol. The Morgan fingerprint density at radius 2 is 1.78 bits per heavy atom. The lowest BCUT2D eigenvalue weighted by atomic mass is 10.3. The summed E-state index contributed by atoms with van der Waals surface area (Å²) in [5, 5.41) is 7.42. The van der Waals surface area contributed by atoms with Gasteiger partial charge in [0.25, 0.3) is 5.91 Å². The SMILES string of the molecule is CNC(=O)NC(=O)C(C)Oc1ccc(NC)cc1. The van der Waals surface area contributed by atoms with E-state index in [9.17, 15) is 9.59 Å². The van der Waals surface area contributed by atoms with Gasteiger partial charge in [0, 0.05) is 19.8 Å². The summed E-state index contributed by atoms with van der Waals surface area (Å²) in [6.07, 6.45) is -0.747. The van der Waals surface area contributed by atoms with Crippen molar-refractivity contribution in [1.82, 2.24) is 10.6 Å². The first-order valence-electron chi connectivity index (χ1n) is 5.54. The second kappa shape index (κ2) is 6.48. The minimum atomic E-state index is -0.747. The van der Waals surface area contributed by atoms with Gasteiger partial charge in [-0.15, -0.1) is 0 Å². The molecule has 0 aromatic heterocycles. The highest BCUT2D eigenvalue weighted by molar-refractivity contribution is 5.96. The van der Waals surface area contributed by atoms with Crippen molar-refractivity contribution in [2.75, 3.05) is 19.4 Å². The highest BCUT2D eigenvalue weighted by atomic mass is 16.5. The van der Waals surface area contributed by atoms with Gasteiger partial charge < -0.3 is 15.4 Å². The fourth-order valence-electron chi connectivity index (χ4n) is 1.23. The molecule has 0 saturated heterocycles. The van der Waals surface area contributed by atoms with E-state index in [4.69, 9.17) is 4.74 Å². The molecule has 18 heavy (non-hydrogen) atoms. The minimum absolute atomic E-state index is 0.493. The van der Waals surface area contributed by atoms with Gasteiger partial charge >= 0.3 is 6.03 Å². The van der Waals surface area contributed by atoms with Crippen molar-refractivity contribution < 1.29 is 14.3 Å². The van der Waals surface area contributed by atoms with Crippen LogP contribution >= 0.6 is 0 Å². The van der Waals surface area contributed by atoms with Gasteiger partial charge in [-0.05, 0) is 31.2 Å². The van der Waals surface area contributed by atoms with Crippen LogP contribution in [0.15, 0.2) is 24.3 Å². The van der Waals surface area contributed by atoms with E-state index < -0.39 is 18.0 Å². The van der Waals surface area contributed by atoms with Gasteiger partial charge in [0.05, 0.1) is 0 Å². The number of hydrogen-bond acceptors (Lipinski definition) is 4. The van der Waals surface area contributed by atoms with Crippen molar-refractivity contribution in [3.05, 3.63) is 24.3 Å². The van der Waals surface area contributed by atoms with Gasteiger partial charge in [0.1, 0.15) is 5.75 Å². The number of rotatable bonds is 4. The molecular formula is C12H17N3O3. The quantitative estimate of drug-likeness (QED) is 0.744. The van der Waals surface area contributed by atoms with E-state index >= 15 is 0 Å². The van der Waals surface area contributed by atoms with Gasteiger partial charge in [-0.3, -0.25) is 10.1 Å². The predicted molar refractivity (Wildman–Crippen MR) is 68.7 cm³/mol. The first-order valence-corrected chi connectivity index (χ1v) is 5.54. The van der Waals surface area contributed by atoms with Gasteiger partial charge in [-0.25, -0.2) is 4.79 Å². The lowest BCUT2D eigenvalue weighted by molar-refractivity contribution is -0.126. The number of hydrogen-bond donors (Lipinski definition) is 3. The van der Waals surface area contributed by atoms with Crippen LogP contribution in [-0.4, -0.2) is 32.1 Å². The third kappa shape index (κ3) is 3.97. The zero-order valence-corrected chi connectivity index (χ0v) is 10.6. The summed E-state index contributed by atoms with van der Waals surface area (Å²) in [6.45, 7) is 1.57. The molecule has 0 aliphatic carbocycles. The summed E-state index contributed by atoms with van der Waals surface area (Å²) < 4.78 is 5.40. The van der Waals surface area contributed by atoms with E-state index in [0.29, 0.717) is 5.75 Å². The molecule has 6 nitrogen and oxygen atoms in total. The van der Waals surface area contributed by atoms with Crippen LogP contribution in [0.1, 0.15) is 6.92 Å². The summed E-state index contributed by atoms with van der Waals surface area (Å²) in [4.78, 5) is 22.5. The topological polar surface area (TPSA) is 79.5 Å². The number of carbonyl (C=O) groups excluding carboxylic acids is 2. The largest absolute Gasteiger partial charge is 0.481 e. The second-order valence-corrected chi connectivity index (χ2v) is 3.60. The van der Waals surface area contributed by atoms with Gasteiger partial charge in [0.15, 0.2) is 6.10 Å². The van der Waals surface area contributed by atoms with Crippen molar-refractivity contribution in [2.45, 2.75) is 13.0 Å². The minimum Gasteiger partial charge on any atom is -0.481 e. The van der Waals surface area contributed by atoms with Crippen LogP contribution < -0.4 is 20.7 Å². The molecule has 0 fully saturated rings. The number of anilines is 1. The zero-order chi connectivity index (χ0) is 13.5. The summed E-state index contributed by atoms with van der Waals surface area (Å²) in [7, 11) is 3.25. The molecule has 1 aromatic rings. The molecule has 6 heteroatoms. The number of amides is 3. The number of benzene rings is 1. The lowest BCUT2D eigenvalue weighted by Gasteiger charge is -2.14. The van der Waals surface area contributed by atoms with E-state index in [0.717, 1.165) is 5.69 Å². The number of carbonyl (C=O) groups is 2. The van der Waals surface area contributed by atoms with Crippen LogP contribution in [0.5, 0.6) is 5.75 Å². The summed E-state index contributed by atoms with van der Waals surface area (Å²) in [5.41, 5.74) is 0.949. The van der Waals surface area contributed by atoms with Crippen LogP contribution in [0.4, 0.5) is 10.5 Å². The second-order valence-electron chi connectivity index (χ2n) is 3.60. The molecule has 3 N–H and O–H groups in total. The maximum atomic E-state index is 11.5. The molecular weight excluding hydrogens is 234 g/mol. The van der Waals surface area contributed by atoms with Gasteiger partial charge in [-0.2, -0.15) is 0 Å². The van der Waals surface area contributed by atoms with Crippen molar-refractivity contribution in [1.29, 1.82) is 0 Å². The Kier molecular flexibility index (Phi) is 4.98. The molecule has 1 aromatic carbocycles. The third-order valence-corrected chi connectivity index (χ3v) is 2.29. The maximum Gasteiger partial charge on any atom is 0.321 e. The molecule has 0 spiro atoms.